The largest absolute Gasteiger partial charge is 0.497 e. The molecule has 1 aliphatic heterocycles. The number of sulfone groups is 1. The lowest BCUT2D eigenvalue weighted by Crippen LogP contribution is -2.45. The van der Waals surface area contributed by atoms with Crippen LogP contribution in [0.25, 0.3) is 10.8 Å². The molecule has 1 saturated carbocycles. The van der Waals surface area contributed by atoms with Crippen LogP contribution in [-0.2, 0) is 14.6 Å². The van der Waals surface area contributed by atoms with E-state index in [0.29, 0.717) is 12.2 Å². The van der Waals surface area contributed by atoms with Crippen LogP contribution < -0.4 is 9.47 Å². The number of nitrogens with zero attached hydrogens (tertiary/aromatic N) is 1. The first-order chi connectivity index (χ1) is 12.9. The first-order valence-electron chi connectivity index (χ1n) is 9.17. The molecule has 1 amide bonds. The summed E-state index contributed by atoms with van der Waals surface area (Å²) in [7, 11) is -1.40. The quantitative estimate of drug-likeness (QED) is 0.759. The van der Waals surface area contributed by atoms with Gasteiger partial charge in [0.15, 0.2) is 16.4 Å². The van der Waals surface area contributed by atoms with E-state index in [9.17, 15) is 13.2 Å². The van der Waals surface area contributed by atoms with Gasteiger partial charge in [0.25, 0.3) is 5.91 Å². The molecule has 2 aromatic carbocycles. The van der Waals surface area contributed by atoms with E-state index >= 15 is 0 Å². The first-order valence-corrected chi connectivity index (χ1v) is 11.0. The molecule has 1 heterocycles. The number of amides is 1. The molecule has 2 aliphatic rings. The highest BCUT2D eigenvalue weighted by Gasteiger charge is 2.42. The average molecular weight is 389 g/mol. The SMILES string of the molecule is COc1ccc2ccc(OCC(=O)N(C3CC3)[C@@H]3CCS(=O)(=O)C3)cc2c1. The van der Waals surface area contributed by atoms with Gasteiger partial charge in [-0.05, 0) is 54.3 Å². The van der Waals surface area contributed by atoms with Gasteiger partial charge in [0, 0.05) is 12.1 Å². The molecule has 1 aliphatic carbocycles. The number of carbonyl (C=O) groups excluding carboxylic acids is 1. The topological polar surface area (TPSA) is 72.9 Å². The summed E-state index contributed by atoms with van der Waals surface area (Å²) in [5, 5.41) is 2.03. The van der Waals surface area contributed by atoms with Crippen molar-refractivity contribution in [3.63, 3.8) is 0 Å². The Labute approximate surface area is 159 Å². The second kappa shape index (κ2) is 7.03. The van der Waals surface area contributed by atoms with Crippen molar-refractivity contribution in [2.24, 2.45) is 0 Å². The molecular formula is C20H23NO5S. The minimum Gasteiger partial charge on any atom is -0.497 e. The Morgan fingerprint density at radius 1 is 1.04 bits per heavy atom. The highest BCUT2D eigenvalue weighted by atomic mass is 32.2. The minimum atomic E-state index is -3.02. The van der Waals surface area contributed by atoms with Gasteiger partial charge in [0.1, 0.15) is 11.5 Å². The van der Waals surface area contributed by atoms with Gasteiger partial charge in [-0.2, -0.15) is 0 Å². The number of ether oxygens (including phenoxy) is 2. The molecule has 1 saturated heterocycles. The molecule has 0 N–H and O–H groups in total. The molecule has 0 aromatic heterocycles. The van der Waals surface area contributed by atoms with Crippen molar-refractivity contribution in [3.8, 4) is 11.5 Å². The monoisotopic (exact) mass is 389 g/mol. The first kappa shape index (κ1) is 18.1. The molecule has 7 heteroatoms. The Morgan fingerprint density at radius 2 is 1.74 bits per heavy atom. The summed E-state index contributed by atoms with van der Waals surface area (Å²) >= 11 is 0. The molecule has 6 nitrogen and oxygen atoms in total. The van der Waals surface area contributed by atoms with Gasteiger partial charge in [-0.15, -0.1) is 0 Å². The molecule has 2 aromatic rings. The Balaban J connectivity index is 1.45. The fourth-order valence-electron chi connectivity index (χ4n) is 3.69. The zero-order valence-electron chi connectivity index (χ0n) is 15.3. The summed E-state index contributed by atoms with van der Waals surface area (Å²) < 4.78 is 34.6. The van der Waals surface area contributed by atoms with Crippen molar-refractivity contribution in [3.05, 3.63) is 36.4 Å². The standard InChI is InChI=1S/C20H23NO5S/c1-25-18-6-2-14-3-7-19(11-15(14)10-18)26-12-20(22)21(16-4-5-16)17-8-9-27(23,24)13-17/h2-3,6-7,10-11,16-17H,4-5,8-9,12-13H2,1H3/t17-/m1/s1. The Morgan fingerprint density at radius 3 is 2.37 bits per heavy atom. The minimum absolute atomic E-state index is 0.0744. The maximum Gasteiger partial charge on any atom is 0.261 e. The summed E-state index contributed by atoms with van der Waals surface area (Å²) in [6.07, 6.45) is 2.41. The average Bonchev–Trinajstić information content (AvgIpc) is 3.42. The van der Waals surface area contributed by atoms with E-state index in [1.54, 1.807) is 12.0 Å². The summed E-state index contributed by atoms with van der Waals surface area (Å²) in [5.41, 5.74) is 0. The Hall–Kier alpha value is -2.28. The highest BCUT2D eigenvalue weighted by molar-refractivity contribution is 7.91. The fraction of sp³-hybridized carbons (Fsp3) is 0.450. The highest BCUT2D eigenvalue weighted by Crippen LogP contribution is 2.32. The second-order valence-corrected chi connectivity index (χ2v) is 9.48. The summed E-state index contributed by atoms with van der Waals surface area (Å²) in [6.45, 7) is -0.0808. The van der Waals surface area contributed by atoms with Crippen LogP contribution in [0.2, 0.25) is 0 Å². The van der Waals surface area contributed by atoms with E-state index in [1.165, 1.54) is 0 Å². The molecule has 0 unspecified atom stereocenters. The van der Waals surface area contributed by atoms with Gasteiger partial charge in [0.05, 0.1) is 18.6 Å². The van der Waals surface area contributed by atoms with E-state index in [4.69, 9.17) is 9.47 Å². The third kappa shape index (κ3) is 4.03. The molecule has 27 heavy (non-hydrogen) atoms. The zero-order valence-corrected chi connectivity index (χ0v) is 16.1. The number of fused-ring (bicyclic) bond motifs is 1. The number of hydrogen-bond acceptors (Lipinski definition) is 5. The number of carbonyl (C=O) groups is 1. The van der Waals surface area contributed by atoms with E-state index < -0.39 is 9.84 Å². The molecule has 4 rings (SSSR count). The number of methoxy groups -OCH3 is 1. The van der Waals surface area contributed by atoms with Crippen LogP contribution >= 0.6 is 0 Å². The lowest BCUT2D eigenvalue weighted by Gasteiger charge is -2.28. The van der Waals surface area contributed by atoms with Crippen molar-refractivity contribution in [2.45, 2.75) is 31.3 Å². The Kier molecular flexibility index (Phi) is 4.72. The Bertz CT molecular complexity index is 967. The van der Waals surface area contributed by atoms with E-state index in [0.717, 1.165) is 29.4 Å². The van der Waals surface area contributed by atoms with E-state index in [2.05, 4.69) is 0 Å². The van der Waals surface area contributed by atoms with Crippen molar-refractivity contribution < 1.29 is 22.7 Å². The van der Waals surface area contributed by atoms with Crippen molar-refractivity contribution >= 4 is 26.5 Å². The summed E-state index contributed by atoms with van der Waals surface area (Å²) in [6, 6.07) is 11.4. The number of hydrogen-bond donors (Lipinski definition) is 0. The zero-order chi connectivity index (χ0) is 19.0. The molecular weight excluding hydrogens is 366 g/mol. The predicted molar refractivity (Wildman–Crippen MR) is 103 cm³/mol. The van der Waals surface area contributed by atoms with Gasteiger partial charge in [-0.3, -0.25) is 4.79 Å². The lowest BCUT2D eigenvalue weighted by atomic mass is 10.1. The van der Waals surface area contributed by atoms with Crippen LogP contribution in [0, 0.1) is 0 Å². The summed E-state index contributed by atoms with van der Waals surface area (Å²) in [4.78, 5) is 14.5. The van der Waals surface area contributed by atoms with Crippen molar-refractivity contribution in [1.29, 1.82) is 0 Å². The molecule has 144 valence electrons. The van der Waals surface area contributed by atoms with Crippen LogP contribution in [0.4, 0.5) is 0 Å². The number of benzene rings is 2. The van der Waals surface area contributed by atoms with Gasteiger partial charge in [0.2, 0.25) is 0 Å². The third-order valence-electron chi connectivity index (χ3n) is 5.21. The van der Waals surface area contributed by atoms with Crippen LogP contribution in [0.5, 0.6) is 11.5 Å². The van der Waals surface area contributed by atoms with Crippen molar-refractivity contribution in [2.75, 3.05) is 25.2 Å². The summed E-state index contributed by atoms with van der Waals surface area (Å²) in [5.74, 6) is 1.48. The van der Waals surface area contributed by atoms with Gasteiger partial charge < -0.3 is 14.4 Å². The third-order valence-corrected chi connectivity index (χ3v) is 6.96. The van der Waals surface area contributed by atoms with Crippen LogP contribution in [-0.4, -0.2) is 56.5 Å². The van der Waals surface area contributed by atoms with Gasteiger partial charge in [-0.25, -0.2) is 8.42 Å². The number of rotatable bonds is 6. The maximum absolute atomic E-state index is 12.7. The fourth-order valence-corrected chi connectivity index (χ4v) is 5.40. The molecule has 0 spiro atoms. The molecule has 2 fully saturated rings. The van der Waals surface area contributed by atoms with Crippen LogP contribution in [0.1, 0.15) is 19.3 Å². The maximum atomic E-state index is 12.7. The molecule has 0 bridgehead atoms. The van der Waals surface area contributed by atoms with Crippen LogP contribution in [0.15, 0.2) is 36.4 Å². The van der Waals surface area contributed by atoms with Gasteiger partial charge in [-0.1, -0.05) is 12.1 Å². The van der Waals surface area contributed by atoms with E-state index in [1.807, 2.05) is 36.4 Å². The van der Waals surface area contributed by atoms with Gasteiger partial charge >= 0.3 is 0 Å². The van der Waals surface area contributed by atoms with E-state index in [-0.39, 0.29) is 36.1 Å². The van der Waals surface area contributed by atoms with Crippen LogP contribution in [0.3, 0.4) is 0 Å². The van der Waals surface area contributed by atoms with Crippen molar-refractivity contribution in [1.82, 2.24) is 4.90 Å². The predicted octanol–water partition coefficient (Wildman–Crippen LogP) is 2.41. The smallest absolute Gasteiger partial charge is 0.261 e. The normalized spacial score (nSPS) is 21.1. The second-order valence-electron chi connectivity index (χ2n) is 7.25. The lowest BCUT2D eigenvalue weighted by molar-refractivity contribution is -0.135. The molecule has 0 radical (unpaired) electrons. The molecule has 1 atom stereocenters.